The molecule has 1 unspecified atom stereocenters. The highest BCUT2D eigenvalue weighted by Crippen LogP contribution is 2.47. The summed E-state index contributed by atoms with van der Waals surface area (Å²) in [7, 11) is 0. The fourth-order valence-electron chi connectivity index (χ4n) is 3.44. The molecule has 0 aromatic carbocycles. The number of hydrogen-bond donors (Lipinski definition) is 2. The van der Waals surface area contributed by atoms with Gasteiger partial charge in [-0.3, -0.25) is 9.69 Å². The third-order valence-electron chi connectivity index (χ3n) is 4.88. The number of fused-ring (bicyclic) bond motifs is 1. The Morgan fingerprint density at radius 2 is 2.05 bits per heavy atom. The van der Waals surface area contributed by atoms with Crippen LogP contribution in [0.3, 0.4) is 0 Å². The fourth-order valence-corrected chi connectivity index (χ4v) is 3.44. The molecule has 1 saturated carbocycles. The number of nitrogens with two attached hydrogens (primary N) is 1. The molecule has 1 amide bonds. The predicted octanol–water partition coefficient (Wildman–Crippen LogP) is 0.210. The Labute approximate surface area is 113 Å². The molecule has 6 heteroatoms. The largest absolute Gasteiger partial charge is 0.409 e. The lowest BCUT2D eigenvalue weighted by Crippen LogP contribution is -2.58. The summed E-state index contributed by atoms with van der Waals surface area (Å²) in [4.78, 5) is 17.0. The van der Waals surface area contributed by atoms with Gasteiger partial charge < -0.3 is 15.8 Å². The number of amides is 1. The average Bonchev–Trinajstić information content (AvgIpc) is 3.26. The highest BCUT2D eigenvalue weighted by atomic mass is 16.4. The summed E-state index contributed by atoms with van der Waals surface area (Å²) >= 11 is 0. The smallest absolute Gasteiger partial charge is 0.236 e. The molecular formula is C13H22N4O2. The number of carbonyl (C=O) groups excluding carboxylic acids is 1. The van der Waals surface area contributed by atoms with E-state index in [9.17, 15) is 4.79 Å². The van der Waals surface area contributed by atoms with Crippen molar-refractivity contribution in [2.75, 3.05) is 26.2 Å². The summed E-state index contributed by atoms with van der Waals surface area (Å²) in [5.41, 5.74) is 5.01. The third-order valence-corrected chi connectivity index (χ3v) is 4.88. The zero-order valence-electron chi connectivity index (χ0n) is 11.2. The Morgan fingerprint density at radius 3 is 2.74 bits per heavy atom. The van der Waals surface area contributed by atoms with Crippen LogP contribution in [0.15, 0.2) is 5.16 Å². The average molecular weight is 266 g/mol. The maximum Gasteiger partial charge on any atom is 0.236 e. The number of nitrogens with zero attached hydrogens (tertiary/aromatic N) is 3. The van der Waals surface area contributed by atoms with Crippen LogP contribution in [0.5, 0.6) is 0 Å². The van der Waals surface area contributed by atoms with E-state index in [1.54, 1.807) is 0 Å². The Hall–Kier alpha value is -1.30. The predicted molar refractivity (Wildman–Crippen MR) is 70.9 cm³/mol. The lowest BCUT2D eigenvalue weighted by Gasteiger charge is -2.44. The van der Waals surface area contributed by atoms with Crippen LogP contribution < -0.4 is 5.73 Å². The second-order valence-electron chi connectivity index (χ2n) is 6.00. The van der Waals surface area contributed by atoms with Crippen molar-refractivity contribution in [1.29, 1.82) is 0 Å². The summed E-state index contributed by atoms with van der Waals surface area (Å²) < 4.78 is 0. The zero-order valence-corrected chi connectivity index (χ0v) is 11.2. The number of rotatable bonds is 2. The molecule has 3 rings (SSSR count). The van der Waals surface area contributed by atoms with Crippen LogP contribution in [0.1, 0.15) is 32.1 Å². The summed E-state index contributed by atoms with van der Waals surface area (Å²) in [5, 5.41) is 11.9. The van der Waals surface area contributed by atoms with E-state index in [0.717, 1.165) is 26.2 Å². The van der Waals surface area contributed by atoms with Gasteiger partial charge in [0, 0.05) is 25.7 Å². The maximum absolute atomic E-state index is 12.6. The number of hydrogen-bond acceptors (Lipinski definition) is 4. The van der Waals surface area contributed by atoms with Gasteiger partial charge in [0.2, 0.25) is 5.91 Å². The van der Waals surface area contributed by atoms with Crippen molar-refractivity contribution in [3.8, 4) is 0 Å². The first kappa shape index (κ1) is 12.7. The molecule has 19 heavy (non-hydrogen) atoms. The molecule has 1 atom stereocenters. The highest BCUT2D eigenvalue weighted by molar-refractivity contribution is 6.09. The van der Waals surface area contributed by atoms with Crippen molar-refractivity contribution in [3.05, 3.63) is 0 Å². The van der Waals surface area contributed by atoms with Gasteiger partial charge in [0.15, 0.2) is 5.84 Å². The van der Waals surface area contributed by atoms with Gasteiger partial charge in [0.1, 0.15) is 5.41 Å². The van der Waals surface area contributed by atoms with E-state index in [2.05, 4.69) is 10.1 Å². The second-order valence-corrected chi connectivity index (χ2v) is 6.00. The number of oxime groups is 1. The Bertz CT molecular complexity index is 405. The molecule has 0 radical (unpaired) electrons. The van der Waals surface area contributed by atoms with E-state index in [4.69, 9.17) is 10.9 Å². The Balaban J connectivity index is 1.68. The van der Waals surface area contributed by atoms with Crippen LogP contribution in [-0.2, 0) is 4.79 Å². The van der Waals surface area contributed by atoms with E-state index < -0.39 is 5.41 Å². The Morgan fingerprint density at radius 1 is 1.26 bits per heavy atom. The van der Waals surface area contributed by atoms with E-state index in [1.807, 2.05) is 4.90 Å². The quantitative estimate of drug-likeness (QED) is 0.324. The van der Waals surface area contributed by atoms with E-state index in [-0.39, 0.29) is 11.7 Å². The number of piperazine rings is 1. The minimum Gasteiger partial charge on any atom is -0.409 e. The van der Waals surface area contributed by atoms with Crippen molar-refractivity contribution in [1.82, 2.24) is 9.80 Å². The lowest BCUT2D eigenvalue weighted by atomic mass is 9.97. The van der Waals surface area contributed by atoms with E-state index >= 15 is 0 Å². The maximum atomic E-state index is 12.6. The van der Waals surface area contributed by atoms with E-state index in [1.165, 1.54) is 19.3 Å². The molecule has 106 valence electrons. The number of carbonyl (C=O) groups is 1. The van der Waals surface area contributed by atoms with Crippen LogP contribution in [0, 0.1) is 5.41 Å². The second kappa shape index (κ2) is 4.67. The molecule has 0 spiro atoms. The molecular weight excluding hydrogens is 244 g/mol. The van der Waals surface area contributed by atoms with Gasteiger partial charge in [0.25, 0.3) is 0 Å². The fraction of sp³-hybridized carbons (Fsp3) is 0.846. The highest BCUT2D eigenvalue weighted by Gasteiger charge is 2.56. The molecule has 2 saturated heterocycles. The van der Waals surface area contributed by atoms with Crippen molar-refractivity contribution in [2.45, 2.75) is 38.1 Å². The van der Waals surface area contributed by atoms with Gasteiger partial charge in [-0.25, -0.2) is 0 Å². The third kappa shape index (κ3) is 2.08. The van der Waals surface area contributed by atoms with Crippen molar-refractivity contribution < 1.29 is 10.0 Å². The summed E-state index contributed by atoms with van der Waals surface area (Å²) in [5.74, 6) is 0.150. The van der Waals surface area contributed by atoms with Gasteiger partial charge in [-0.1, -0.05) is 11.6 Å². The first-order valence-electron chi connectivity index (χ1n) is 7.19. The molecule has 0 bridgehead atoms. The number of amidine groups is 1. The van der Waals surface area contributed by atoms with Gasteiger partial charge in [0.05, 0.1) is 0 Å². The van der Waals surface area contributed by atoms with Crippen LogP contribution in [-0.4, -0.2) is 59.0 Å². The van der Waals surface area contributed by atoms with Gasteiger partial charge in [-0.15, -0.1) is 0 Å². The van der Waals surface area contributed by atoms with E-state index in [0.29, 0.717) is 18.9 Å². The van der Waals surface area contributed by atoms with Crippen LogP contribution in [0.4, 0.5) is 0 Å². The molecule has 2 heterocycles. The van der Waals surface area contributed by atoms with Crippen LogP contribution in [0.25, 0.3) is 0 Å². The molecule has 3 N–H and O–H groups in total. The molecule has 3 aliphatic rings. The van der Waals surface area contributed by atoms with Crippen molar-refractivity contribution >= 4 is 11.7 Å². The Kier molecular flexibility index (Phi) is 3.12. The molecule has 6 nitrogen and oxygen atoms in total. The summed E-state index contributed by atoms with van der Waals surface area (Å²) in [6, 6.07) is 0.509. The summed E-state index contributed by atoms with van der Waals surface area (Å²) in [6.07, 6.45) is 5.15. The van der Waals surface area contributed by atoms with Gasteiger partial charge >= 0.3 is 0 Å². The first-order valence-corrected chi connectivity index (χ1v) is 7.19. The zero-order chi connectivity index (χ0) is 13.5. The molecule has 1 aliphatic carbocycles. The topological polar surface area (TPSA) is 82.2 Å². The monoisotopic (exact) mass is 266 g/mol. The van der Waals surface area contributed by atoms with Crippen molar-refractivity contribution in [2.24, 2.45) is 16.3 Å². The minimum absolute atomic E-state index is 0.0630. The molecule has 3 fully saturated rings. The standard InChI is InChI=1S/C13H22N4O2/c14-11(15-19)13(4-5-13)12(18)17-8-7-16-6-2-1-3-10(16)9-17/h10,19H,1-9H2,(H2,14,15). The normalized spacial score (nSPS) is 30.8. The summed E-state index contributed by atoms with van der Waals surface area (Å²) in [6.45, 7) is 3.70. The molecule has 0 aromatic heterocycles. The van der Waals surface area contributed by atoms with Crippen LogP contribution >= 0.6 is 0 Å². The van der Waals surface area contributed by atoms with Crippen molar-refractivity contribution in [3.63, 3.8) is 0 Å². The SMILES string of the molecule is NC(=NO)C1(C(=O)N2CCN3CCCCC3C2)CC1. The molecule has 2 aliphatic heterocycles. The van der Waals surface area contributed by atoms with Crippen LogP contribution in [0.2, 0.25) is 0 Å². The van der Waals surface area contributed by atoms with Gasteiger partial charge in [-0.2, -0.15) is 0 Å². The minimum atomic E-state index is -0.689. The van der Waals surface area contributed by atoms with Gasteiger partial charge in [-0.05, 0) is 32.2 Å². The molecule has 0 aromatic rings. The lowest BCUT2D eigenvalue weighted by molar-refractivity contribution is -0.138. The first-order chi connectivity index (χ1) is 9.17. The number of piperidine rings is 1.